The van der Waals surface area contributed by atoms with E-state index in [1.54, 1.807) is 7.11 Å². The summed E-state index contributed by atoms with van der Waals surface area (Å²) in [5.41, 5.74) is 2.20. The van der Waals surface area contributed by atoms with Crippen molar-refractivity contribution in [3.8, 4) is 17.2 Å². The van der Waals surface area contributed by atoms with Crippen molar-refractivity contribution in [1.82, 2.24) is 20.2 Å². The summed E-state index contributed by atoms with van der Waals surface area (Å²) in [7, 11) is 1.76. The van der Waals surface area contributed by atoms with E-state index in [1.807, 2.05) is 43.3 Å². The smallest absolute Gasteiger partial charge is 0.293 e. The summed E-state index contributed by atoms with van der Waals surface area (Å²) in [5, 5.41) is 13.5. The molecule has 1 unspecified atom stereocenters. The van der Waals surface area contributed by atoms with Crippen molar-refractivity contribution in [3.63, 3.8) is 0 Å². The van der Waals surface area contributed by atoms with Crippen molar-refractivity contribution < 1.29 is 14.6 Å². The molecule has 1 saturated heterocycles. The van der Waals surface area contributed by atoms with Crippen LogP contribution >= 0.6 is 0 Å². The van der Waals surface area contributed by atoms with Gasteiger partial charge in [-0.2, -0.15) is 0 Å². The molecule has 0 radical (unpaired) electrons. The van der Waals surface area contributed by atoms with Gasteiger partial charge in [0.05, 0.1) is 18.1 Å². The second-order valence-electron chi connectivity index (χ2n) is 8.62. The first-order chi connectivity index (χ1) is 16.6. The first-order valence-corrected chi connectivity index (χ1v) is 11.6. The molecule has 3 N–H and O–H groups in total. The van der Waals surface area contributed by atoms with E-state index >= 15 is 0 Å². The molecule has 0 bridgehead atoms. The number of hydrogen-bond acceptors (Lipinski definition) is 7. The van der Waals surface area contributed by atoms with Crippen LogP contribution in [0.1, 0.15) is 29.7 Å². The number of ether oxygens (including phenoxy) is 2. The predicted octanol–water partition coefficient (Wildman–Crippen LogP) is 3.03. The van der Waals surface area contributed by atoms with Gasteiger partial charge in [0.15, 0.2) is 0 Å². The third-order valence-electron chi connectivity index (χ3n) is 6.11. The highest BCUT2D eigenvalue weighted by Crippen LogP contribution is 2.27. The number of nitrogens with zero attached hydrogens (tertiary/aromatic N) is 2. The molecular formula is C26H32N4O4. The average molecular weight is 465 g/mol. The van der Waals surface area contributed by atoms with Crippen molar-refractivity contribution in [1.29, 1.82) is 0 Å². The van der Waals surface area contributed by atoms with Crippen molar-refractivity contribution >= 4 is 0 Å². The van der Waals surface area contributed by atoms with Crippen LogP contribution in [-0.2, 0) is 17.7 Å². The van der Waals surface area contributed by atoms with Gasteiger partial charge in [0, 0.05) is 39.2 Å². The third kappa shape index (κ3) is 6.02. The number of likely N-dealkylation sites (N-methyl/N-ethyl adjacent to an activating group) is 1. The molecule has 2 aromatic carbocycles. The Morgan fingerprint density at radius 1 is 1.12 bits per heavy atom. The van der Waals surface area contributed by atoms with Crippen LogP contribution in [-0.4, -0.2) is 59.4 Å². The summed E-state index contributed by atoms with van der Waals surface area (Å²) in [6.45, 7) is 6.29. The molecule has 2 heterocycles. The number of nitrogens with one attached hydrogen (secondary N) is 2. The molecule has 0 spiro atoms. The summed E-state index contributed by atoms with van der Waals surface area (Å²) >= 11 is 0. The second kappa shape index (κ2) is 11.3. The monoisotopic (exact) mass is 464 g/mol. The van der Waals surface area contributed by atoms with Gasteiger partial charge in [-0.15, -0.1) is 0 Å². The van der Waals surface area contributed by atoms with Gasteiger partial charge < -0.3 is 24.9 Å². The fourth-order valence-electron chi connectivity index (χ4n) is 4.13. The van der Waals surface area contributed by atoms with Gasteiger partial charge in [0.2, 0.25) is 5.75 Å². The van der Waals surface area contributed by atoms with Crippen molar-refractivity contribution in [2.45, 2.75) is 31.9 Å². The highest BCUT2D eigenvalue weighted by molar-refractivity contribution is 5.36. The van der Waals surface area contributed by atoms with Crippen LogP contribution in [0.15, 0.2) is 59.7 Å². The number of likely N-dealkylation sites (tertiary alicyclic amines) is 1. The summed E-state index contributed by atoms with van der Waals surface area (Å²) in [4.78, 5) is 20.8. The van der Waals surface area contributed by atoms with E-state index in [2.05, 4.69) is 32.3 Å². The van der Waals surface area contributed by atoms with Gasteiger partial charge in [-0.05, 0) is 48.4 Å². The minimum Gasteiger partial charge on any atom is -0.502 e. The normalized spacial score (nSPS) is 15.1. The van der Waals surface area contributed by atoms with Crippen LogP contribution in [0.25, 0.3) is 0 Å². The van der Waals surface area contributed by atoms with Gasteiger partial charge in [0.1, 0.15) is 11.5 Å². The molecule has 1 aliphatic rings. The molecule has 34 heavy (non-hydrogen) atoms. The van der Waals surface area contributed by atoms with Crippen LogP contribution in [0, 0.1) is 0 Å². The Hall–Kier alpha value is -3.20. The molecule has 0 amide bonds. The fraction of sp³-hybridized carbons (Fsp3) is 0.385. The lowest BCUT2D eigenvalue weighted by atomic mass is 9.95. The Morgan fingerprint density at radius 3 is 2.38 bits per heavy atom. The zero-order valence-electron chi connectivity index (χ0n) is 19.7. The third-order valence-corrected chi connectivity index (χ3v) is 6.11. The maximum atomic E-state index is 11.8. The topological polar surface area (TPSA) is 99.7 Å². The van der Waals surface area contributed by atoms with Crippen molar-refractivity contribution in [3.05, 3.63) is 82.0 Å². The van der Waals surface area contributed by atoms with Crippen molar-refractivity contribution in [2.24, 2.45) is 0 Å². The van der Waals surface area contributed by atoms with E-state index in [-0.39, 0.29) is 11.7 Å². The van der Waals surface area contributed by atoms with Crippen LogP contribution in [0.5, 0.6) is 17.2 Å². The van der Waals surface area contributed by atoms with E-state index < -0.39 is 5.56 Å². The minimum absolute atomic E-state index is 0.132. The highest BCUT2D eigenvalue weighted by Gasteiger charge is 2.26. The van der Waals surface area contributed by atoms with Gasteiger partial charge in [-0.1, -0.05) is 31.2 Å². The SMILES string of the molecule is CCNCC(Cc1ccc(Oc2ccc(CN3CC(OC)C3)cc2)cc1)c1nc[nH]c(=O)c1O. The first-order valence-electron chi connectivity index (χ1n) is 11.6. The number of aromatic nitrogens is 2. The molecule has 1 atom stereocenters. The van der Waals surface area contributed by atoms with Crippen LogP contribution in [0.3, 0.4) is 0 Å². The summed E-state index contributed by atoms with van der Waals surface area (Å²) < 4.78 is 11.3. The molecule has 4 rings (SSSR count). The minimum atomic E-state index is -0.523. The van der Waals surface area contributed by atoms with E-state index in [4.69, 9.17) is 9.47 Å². The zero-order chi connectivity index (χ0) is 23.9. The van der Waals surface area contributed by atoms with Crippen molar-refractivity contribution in [2.75, 3.05) is 33.3 Å². The molecule has 1 fully saturated rings. The maximum Gasteiger partial charge on any atom is 0.293 e. The molecule has 0 aliphatic carbocycles. The summed E-state index contributed by atoms with van der Waals surface area (Å²) in [5.74, 6) is 1.09. The van der Waals surface area contributed by atoms with E-state index in [9.17, 15) is 9.90 Å². The largest absolute Gasteiger partial charge is 0.502 e. The number of methoxy groups -OCH3 is 1. The lowest BCUT2D eigenvalue weighted by Gasteiger charge is -2.38. The van der Waals surface area contributed by atoms with Gasteiger partial charge in [-0.3, -0.25) is 9.69 Å². The van der Waals surface area contributed by atoms with E-state index in [0.717, 1.165) is 43.2 Å². The zero-order valence-corrected chi connectivity index (χ0v) is 19.7. The van der Waals surface area contributed by atoms with Crippen LogP contribution in [0.4, 0.5) is 0 Å². The van der Waals surface area contributed by atoms with E-state index in [0.29, 0.717) is 24.8 Å². The number of rotatable bonds is 11. The molecule has 1 aromatic heterocycles. The summed E-state index contributed by atoms with van der Waals surface area (Å²) in [6, 6.07) is 16.0. The Morgan fingerprint density at radius 2 is 1.76 bits per heavy atom. The Kier molecular flexibility index (Phi) is 7.95. The number of H-pyrrole nitrogens is 1. The number of aromatic amines is 1. The number of aromatic hydroxyl groups is 1. The Bertz CT molecular complexity index is 1110. The Balaban J connectivity index is 1.36. The second-order valence-corrected chi connectivity index (χ2v) is 8.62. The molecule has 8 nitrogen and oxygen atoms in total. The predicted molar refractivity (Wildman–Crippen MR) is 131 cm³/mol. The summed E-state index contributed by atoms with van der Waals surface area (Å²) in [6.07, 6.45) is 2.33. The maximum absolute atomic E-state index is 11.8. The molecule has 180 valence electrons. The van der Waals surface area contributed by atoms with Gasteiger partial charge >= 0.3 is 0 Å². The highest BCUT2D eigenvalue weighted by atomic mass is 16.5. The first kappa shape index (κ1) is 23.9. The standard InChI is InChI=1S/C26H32N4O4/c1-3-27-13-20(24-25(31)26(32)29-17-28-24)12-18-4-8-21(9-5-18)34-22-10-6-19(7-11-22)14-30-15-23(16-30)33-2/h4-11,17,20,23,27,31H,3,12-16H2,1-2H3,(H,28,29,32). The van der Waals surface area contributed by atoms with Gasteiger partial charge in [-0.25, -0.2) is 4.98 Å². The van der Waals surface area contributed by atoms with Gasteiger partial charge in [0.25, 0.3) is 5.56 Å². The van der Waals surface area contributed by atoms with Crippen LogP contribution < -0.4 is 15.6 Å². The molecule has 1 aliphatic heterocycles. The fourth-order valence-corrected chi connectivity index (χ4v) is 4.13. The quantitative estimate of drug-likeness (QED) is 0.401. The van der Waals surface area contributed by atoms with E-state index in [1.165, 1.54) is 11.9 Å². The lowest BCUT2D eigenvalue weighted by molar-refractivity contribution is -0.0334. The lowest BCUT2D eigenvalue weighted by Crippen LogP contribution is -2.50. The van der Waals surface area contributed by atoms with Crippen LogP contribution in [0.2, 0.25) is 0 Å². The molecule has 0 saturated carbocycles. The molecule has 3 aromatic rings. The molecule has 8 heteroatoms. The average Bonchev–Trinajstić information content (AvgIpc) is 2.83. The number of benzene rings is 2. The Labute approximate surface area is 199 Å². The molecular weight excluding hydrogens is 432 g/mol. The number of hydrogen-bond donors (Lipinski definition) is 3.